The molecule has 1 N–H and O–H groups in total. The summed E-state index contributed by atoms with van der Waals surface area (Å²) < 4.78 is 56.7. The van der Waals surface area contributed by atoms with Crippen LogP contribution in [0.4, 0.5) is 23.2 Å². The van der Waals surface area contributed by atoms with Crippen LogP contribution in [0.25, 0.3) is 10.8 Å². The van der Waals surface area contributed by atoms with Gasteiger partial charge in [0.1, 0.15) is 11.5 Å². The first kappa shape index (κ1) is 17.2. The van der Waals surface area contributed by atoms with Crippen molar-refractivity contribution in [2.24, 2.45) is 0 Å². The molecule has 25 heavy (non-hydrogen) atoms. The second kappa shape index (κ2) is 6.32. The molecule has 0 saturated heterocycles. The molecule has 2 aromatic heterocycles. The first-order valence-electron chi connectivity index (χ1n) is 6.95. The van der Waals surface area contributed by atoms with Gasteiger partial charge in [-0.2, -0.15) is 13.2 Å². The lowest BCUT2D eigenvalue weighted by Gasteiger charge is -2.10. The van der Waals surface area contributed by atoms with Gasteiger partial charge in [-0.15, -0.1) is 11.3 Å². The predicted molar refractivity (Wildman–Crippen MR) is 83.9 cm³/mol. The number of carbonyl (C=O) groups is 1. The fraction of sp³-hybridized carbons (Fsp3) is 0.125. The molecule has 0 radical (unpaired) electrons. The largest absolute Gasteiger partial charge is 0.462 e. The van der Waals surface area contributed by atoms with Gasteiger partial charge < -0.3 is 9.73 Å². The van der Waals surface area contributed by atoms with Gasteiger partial charge in [-0.1, -0.05) is 0 Å². The van der Waals surface area contributed by atoms with Crippen LogP contribution >= 0.6 is 11.3 Å². The molecule has 0 aliphatic heterocycles. The number of hydrogen-bond acceptors (Lipinski definition) is 4. The molecule has 0 atom stereocenters. The minimum atomic E-state index is -4.85. The minimum absolute atomic E-state index is 0.0642. The second-order valence-electron chi connectivity index (χ2n) is 5.05. The average Bonchev–Trinajstić information content (AvgIpc) is 3.17. The van der Waals surface area contributed by atoms with Crippen LogP contribution in [0.3, 0.4) is 0 Å². The number of hydrogen-bond donors (Lipinski definition) is 1. The molecule has 2 heterocycles. The van der Waals surface area contributed by atoms with Gasteiger partial charge in [-0.05, 0) is 37.3 Å². The third kappa shape index (κ3) is 3.55. The van der Waals surface area contributed by atoms with E-state index in [9.17, 15) is 22.4 Å². The van der Waals surface area contributed by atoms with E-state index < -0.39 is 23.5 Å². The van der Waals surface area contributed by atoms with Gasteiger partial charge >= 0.3 is 6.18 Å². The summed E-state index contributed by atoms with van der Waals surface area (Å²) in [6, 6.07) is 5.60. The van der Waals surface area contributed by atoms with Gasteiger partial charge in [0, 0.05) is 10.6 Å². The topological polar surface area (TPSA) is 55.1 Å². The van der Waals surface area contributed by atoms with Crippen molar-refractivity contribution >= 4 is 22.9 Å². The Kier molecular flexibility index (Phi) is 4.34. The summed E-state index contributed by atoms with van der Waals surface area (Å²) in [6.45, 7) is 1.66. The van der Waals surface area contributed by atoms with Crippen LogP contribution in [0.2, 0.25) is 0 Å². The summed E-state index contributed by atoms with van der Waals surface area (Å²) in [4.78, 5) is 17.0. The molecule has 1 aromatic carbocycles. The van der Waals surface area contributed by atoms with Crippen molar-refractivity contribution in [3.63, 3.8) is 0 Å². The van der Waals surface area contributed by atoms with Crippen LogP contribution in [-0.2, 0) is 6.18 Å². The van der Waals surface area contributed by atoms with E-state index in [-0.39, 0.29) is 11.4 Å². The molecular formula is C16H10F4N2O2S. The SMILES string of the molecule is Cc1sc(-c2ccco2)nc1C(=O)Nc1ccc(F)c(C(F)(F)F)c1. The van der Waals surface area contributed by atoms with Crippen molar-refractivity contribution in [1.82, 2.24) is 4.98 Å². The number of benzene rings is 1. The normalized spacial score (nSPS) is 11.6. The highest BCUT2D eigenvalue weighted by Crippen LogP contribution is 2.33. The third-order valence-corrected chi connectivity index (χ3v) is 4.26. The molecule has 0 aliphatic carbocycles. The summed E-state index contributed by atoms with van der Waals surface area (Å²) in [5, 5.41) is 2.78. The van der Waals surface area contributed by atoms with E-state index in [0.717, 1.165) is 6.07 Å². The van der Waals surface area contributed by atoms with Crippen LogP contribution < -0.4 is 5.32 Å². The Morgan fingerprint density at radius 3 is 2.68 bits per heavy atom. The highest BCUT2D eigenvalue weighted by Gasteiger charge is 2.34. The van der Waals surface area contributed by atoms with E-state index in [1.54, 1.807) is 19.1 Å². The van der Waals surface area contributed by atoms with E-state index in [4.69, 9.17) is 4.42 Å². The van der Waals surface area contributed by atoms with E-state index in [1.807, 2.05) is 0 Å². The quantitative estimate of drug-likeness (QED) is 0.651. The summed E-state index contributed by atoms with van der Waals surface area (Å²) in [5.74, 6) is -1.62. The number of aryl methyl sites for hydroxylation is 1. The summed E-state index contributed by atoms with van der Waals surface area (Å²) in [7, 11) is 0. The highest BCUT2D eigenvalue weighted by molar-refractivity contribution is 7.15. The maximum atomic E-state index is 13.3. The maximum absolute atomic E-state index is 13.3. The average molecular weight is 370 g/mol. The lowest BCUT2D eigenvalue weighted by Crippen LogP contribution is -2.15. The monoisotopic (exact) mass is 370 g/mol. The Morgan fingerprint density at radius 2 is 2.04 bits per heavy atom. The van der Waals surface area contributed by atoms with Crippen molar-refractivity contribution in [3.05, 3.63) is 58.5 Å². The summed E-state index contributed by atoms with van der Waals surface area (Å²) >= 11 is 1.22. The van der Waals surface area contributed by atoms with E-state index in [2.05, 4.69) is 10.3 Å². The molecule has 3 aromatic rings. The fourth-order valence-corrected chi connectivity index (χ4v) is 3.00. The van der Waals surface area contributed by atoms with Gasteiger partial charge in [-0.25, -0.2) is 9.37 Å². The molecule has 0 bridgehead atoms. The van der Waals surface area contributed by atoms with Gasteiger partial charge in [0.05, 0.1) is 11.8 Å². The Morgan fingerprint density at radius 1 is 1.28 bits per heavy atom. The number of nitrogens with one attached hydrogen (secondary N) is 1. The molecule has 0 unspecified atom stereocenters. The molecule has 130 valence electrons. The molecule has 4 nitrogen and oxygen atoms in total. The standard InChI is InChI=1S/C16H10F4N2O2S/c1-8-13(22-15(25-8)12-3-2-6-24-12)14(23)21-9-4-5-11(17)10(7-9)16(18,19)20/h2-7H,1H3,(H,21,23). The van der Waals surface area contributed by atoms with E-state index in [0.29, 0.717) is 27.8 Å². The first-order chi connectivity index (χ1) is 11.8. The van der Waals surface area contributed by atoms with Crippen LogP contribution in [0.5, 0.6) is 0 Å². The minimum Gasteiger partial charge on any atom is -0.462 e. The molecule has 0 fully saturated rings. The van der Waals surface area contributed by atoms with Gasteiger partial charge in [0.15, 0.2) is 10.8 Å². The number of aromatic nitrogens is 1. The van der Waals surface area contributed by atoms with Crippen molar-refractivity contribution in [2.75, 3.05) is 5.32 Å². The Hall–Kier alpha value is -2.68. The summed E-state index contributed by atoms with van der Waals surface area (Å²) in [6.07, 6.45) is -3.39. The second-order valence-corrected chi connectivity index (χ2v) is 6.25. The lowest BCUT2D eigenvalue weighted by atomic mass is 10.1. The van der Waals surface area contributed by atoms with Gasteiger partial charge in [0.2, 0.25) is 0 Å². The lowest BCUT2D eigenvalue weighted by molar-refractivity contribution is -0.139. The molecule has 0 saturated carbocycles. The number of carbonyl (C=O) groups excluding carboxylic acids is 1. The van der Waals surface area contributed by atoms with Crippen LogP contribution in [0, 0.1) is 12.7 Å². The Balaban J connectivity index is 1.86. The zero-order chi connectivity index (χ0) is 18.2. The summed E-state index contributed by atoms with van der Waals surface area (Å²) in [5.41, 5.74) is -1.56. The van der Waals surface area contributed by atoms with Gasteiger partial charge in [-0.3, -0.25) is 4.79 Å². The zero-order valence-electron chi connectivity index (χ0n) is 12.6. The number of thiazole rings is 1. The van der Waals surface area contributed by atoms with Crippen LogP contribution in [-0.4, -0.2) is 10.9 Å². The number of anilines is 1. The number of rotatable bonds is 3. The molecule has 0 spiro atoms. The molecule has 3 rings (SSSR count). The zero-order valence-corrected chi connectivity index (χ0v) is 13.5. The number of nitrogens with zero attached hydrogens (tertiary/aromatic N) is 1. The number of furan rings is 1. The molecule has 1 amide bonds. The smallest absolute Gasteiger partial charge is 0.419 e. The number of alkyl halides is 3. The van der Waals surface area contributed by atoms with Gasteiger partial charge in [0.25, 0.3) is 5.91 Å². The van der Waals surface area contributed by atoms with E-state index in [1.165, 1.54) is 17.6 Å². The van der Waals surface area contributed by atoms with Crippen molar-refractivity contribution in [2.45, 2.75) is 13.1 Å². The number of halogens is 4. The number of amides is 1. The highest BCUT2D eigenvalue weighted by atomic mass is 32.1. The van der Waals surface area contributed by atoms with Crippen LogP contribution in [0.15, 0.2) is 41.0 Å². The first-order valence-corrected chi connectivity index (χ1v) is 7.77. The molecule has 0 aliphatic rings. The van der Waals surface area contributed by atoms with Crippen LogP contribution in [0.1, 0.15) is 20.9 Å². The third-order valence-electron chi connectivity index (χ3n) is 3.27. The fourth-order valence-electron chi connectivity index (χ4n) is 2.12. The van der Waals surface area contributed by atoms with E-state index >= 15 is 0 Å². The Labute approximate surface area is 143 Å². The predicted octanol–water partition coefficient (Wildman–Crippen LogP) is 5.12. The van der Waals surface area contributed by atoms with Crippen molar-refractivity contribution in [1.29, 1.82) is 0 Å². The molecular weight excluding hydrogens is 360 g/mol. The maximum Gasteiger partial charge on any atom is 0.419 e. The Bertz CT molecular complexity index is 917. The van der Waals surface area contributed by atoms with Crippen molar-refractivity contribution in [3.8, 4) is 10.8 Å². The molecule has 9 heteroatoms. The van der Waals surface area contributed by atoms with Crippen molar-refractivity contribution < 1.29 is 26.8 Å².